The number of benzene rings is 2. The molecule has 0 radical (unpaired) electrons. The third-order valence-corrected chi connectivity index (χ3v) is 7.00. The average Bonchev–Trinajstić information content (AvgIpc) is 2.80. The van der Waals surface area contributed by atoms with Gasteiger partial charge < -0.3 is 10.2 Å². The summed E-state index contributed by atoms with van der Waals surface area (Å²) in [5.74, 6) is -0.650. The van der Waals surface area contributed by atoms with E-state index in [0.717, 1.165) is 28.1 Å². The predicted molar refractivity (Wildman–Crippen MR) is 137 cm³/mol. The Morgan fingerprint density at radius 1 is 0.941 bits per heavy atom. The highest BCUT2D eigenvalue weighted by Crippen LogP contribution is 2.29. The number of nitrogens with zero attached hydrogens (tertiary/aromatic N) is 2. The van der Waals surface area contributed by atoms with Crippen LogP contribution in [0.5, 0.6) is 0 Å². The largest absolute Gasteiger partial charge is 0.352 e. The quantitative estimate of drug-likeness (QED) is 0.521. The molecule has 0 aromatic heterocycles. The van der Waals surface area contributed by atoms with Crippen LogP contribution < -0.4 is 9.62 Å². The van der Waals surface area contributed by atoms with Gasteiger partial charge in [-0.2, -0.15) is 0 Å². The molecule has 0 aliphatic rings. The number of amides is 2. The summed E-state index contributed by atoms with van der Waals surface area (Å²) in [6.07, 6.45) is 1.86. The van der Waals surface area contributed by atoms with Crippen LogP contribution in [0.25, 0.3) is 0 Å². The van der Waals surface area contributed by atoms with E-state index in [2.05, 4.69) is 5.32 Å². The zero-order valence-corrected chi connectivity index (χ0v) is 21.8. The SMILES string of the molecule is CC[C@H](C)NC(=O)[C@H](C)N(Cc1ccccc1)C(=O)CN(c1ccccc1C(C)C)S(C)(=O)=O. The highest BCUT2D eigenvalue weighted by atomic mass is 32.2. The number of hydrogen-bond donors (Lipinski definition) is 1. The maximum Gasteiger partial charge on any atom is 0.244 e. The van der Waals surface area contributed by atoms with Gasteiger partial charge in [-0.25, -0.2) is 8.42 Å². The lowest BCUT2D eigenvalue weighted by Gasteiger charge is -2.32. The lowest BCUT2D eigenvalue weighted by atomic mass is 10.0. The van der Waals surface area contributed by atoms with E-state index in [1.54, 1.807) is 19.1 Å². The maximum atomic E-state index is 13.6. The van der Waals surface area contributed by atoms with Crippen LogP contribution in [-0.4, -0.2) is 50.0 Å². The highest BCUT2D eigenvalue weighted by Gasteiger charge is 2.31. The summed E-state index contributed by atoms with van der Waals surface area (Å²) in [6, 6.07) is 15.7. The molecule has 0 bridgehead atoms. The van der Waals surface area contributed by atoms with Crippen molar-refractivity contribution < 1.29 is 18.0 Å². The minimum atomic E-state index is -3.76. The number of anilines is 1. The molecule has 1 N–H and O–H groups in total. The van der Waals surface area contributed by atoms with Gasteiger partial charge in [0, 0.05) is 12.6 Å². The van der Waals surface area contributed by atoms with Crippen molar-refractivity contribution in [1.29, 1.82) is 0 Å². The van der Waals surface area contributed by atoms with Crippen LogP contribution in [0.15, 0.2) is 54.6 Å². The number of hydrogen-bond acceptors (Lipinski definition) is 4. The van der Waals surface area contributed by atoms with Crippen molar-refractivity contribution in [3.05, 3.63) is 65.7 Å². The Hall–Kier alpha value is -2.87. The van der Waals surface area contributed by atoms with Crippen molar-refractivity contribution in [2.75, 3.05) is 17.1 Å². The van der Waals surface area contributed by atoms with Crippen molar-refractivity contribution in [2.24, 2.45) is 0 Å². The van der Waals surface area contributed by atoms with Gasteiger partial charge in [-0.15, -0.1) is 0 Å². The summed E-state index contributed by atoms with van der Waals surface area (Å²) in [5.41, 5.74) is 2.16. The Balaban J connectivity index is 2.42. The van der Waals surface area contributed by atoms with Crippen molar-refractivity contribution >= 4 is 27.5 Å². The first-order valence-corrected chi connectivity index (χ1v) is 13.5. The van der Waals surface area contributed by atoms with Gasteiger partial charge in [0.05, 0.1) is 11.9 Å². The minimum Gasteiger partial charge on any atom is -0.352 e. The molecular weight excluding hydrogens is 450 g/mol. The highest BCUT2D eigenvalue weighted by molar-refractivity contribution is 7.92. The van der Waals surface area contributed by atoms with Crippen LogP contribution in [0, 0.1) is 0 Å². The monoisotopic (exact) mass is 487 g/mol. The molecule has 7 nitrogen and oxygen atoms in total. The van der Waals surface area contributed by atoms with Crippen LogP contribution in [-0.2, 0) is 26.2 Å². The molecule has 0 saturated carbocycles. The molecule has 0 heterocycles. The standard InChI is InChI=1S/C26H37N3O4S/c1-7-20(4)27-26(31)21(5)28(17-22-13-9-8-10-14-22)25(30)18-29(34(6,32)33)24-16-12-11-15-23(24)19(2)3/h8-16,19-21H,7,17-18H2,1-6H3,(H,27,31)/t20-,21-/m0/s1. The van der Waals surface area contributed by atoms with Crippen molar-refractivity contribution in [3.63, 3.8) is 0 Å². The van der Waals surface area contributed by atoms with Gasteiger partial charge >= 0.3 is 0 Å². The van der Waals surface area contributed by atoms with E-state index in [-0.39, 0.29) is 24.4 Å². The molecular formula is C26H37N3O4S. The zero-order valence-electron chi connectivity index (χ0n) is 21.0. The molecule has 2 aromatic carbocycles. The summed E-state index contributed by atoms with van der Waals surface area (Å²) in [5, 5.41) is 2.93. The van der Waals surface area contributed by atoms with Gasteiger partial charge in [0.25, 0.3) is 0 Å². The fourth-order valence-corrected chi connectivity index (χ4v) is 4.49. The number of nitrogens with one attached hydrogen (secondary N) is 1. The Morgan fingerprint density at radius 3 is 2.09 bits per heavy atom. The lowest BCUT2D eigenvalue weighted by Crippen LogP contribution is -2.52. The van der Waals surface area contributed by atoms with Gasteiger partial charge in [-0.05, 0) is 43.4 Å². The number of carbonyl (C=O) groups is 2. The smallest absolute Gasteiger partial charge is 0.244 e. The molecule has 0 saturated heterocycles. The molecule has 0 fully saturated rings. The second-order valence-electron chi connectivity index (χ2n) is 8.98. The summed E-state index contributed by atoms with van der Waals surface area (Å²) in [6.45, 7) is 9.30. The molecule has 2 atom stereocenters. The maximum absolute atomic E-state index is 13.6. The molecule has 0 spiro atoms. The molecule has 186 valence electrons. The van der Waals surface area contributed by atoms with Gasteiger partial charge in [-0.3, -0.25) is 13.9 Å². The Kier molecular flexibility index (Phi) is 9.67. The van der Waals surface area contributed by atoms with Crippen LogP contribution in [0.3, 0.4) is 0 Å². The summed E-state index contributed by atoms with van der Waals surface area (Å²) < 4.78 is 26.7. The number of para-hydroxylation sites is 1. The summed E-state index contributed by atoms with van der Waals surface area (Å²) >= 11 is 0. The van der Waals surface area contributed by atoms with Crippen molar-refractivity contribution in [1.82, 2.24) is 10.2 Å². The zero-order chi connectivity index (χ0) is 25.5. The molecule has 0 aliphatic carbocycles. The first kappa shape index (κ1) is 27.4. The molecule has 0 aliphatic heterocycles. The van der Waals surface area contributed by atoms with Gasteiger partial charge in [0.2, 0.25) is 21.8 Å². The number of sulfonamides is 1. The van der Waals surface area contributed by atoms with E-state index in [4.69, 9.17) is 0 Å². The normalized spacial score (nSPS) is 13.3. The van der Waals surface area contributed by atoms with E-state index in [1.807, 2.05) is 70.2 Å². The van der Waals surface area contributed by atoms with Crippen molar-refractivity contribution in [2.45, 2.75) is 65.6 Å². The summed E-state index contributed by atoms with van der Waals surface area (Å²) in [4.78, 5) is 28.0. The van der Waals surface area contributed by atoms with Crippen LogP contribution in [0.2, 0.25) is 0 Å². The van der Waals surface area contributed by atoms with Crippen LogP contribution in [0.1, 0.15) is 58.1 Å². The van der Waals surface area contributed by atoms with Crippen molar-refractivity contribution in [3.8, 4) is 0 Å². The topological polar surface area (TPSA) is 86.8 Å². The predicted octanol–water partition coefficient (Wildman–Crippen LogP) is 3.91. The Morgan fingerprint density at radius 2 is 1.53 bits per heavy atom. The molecule has 34 heavy (non-hydrogen) atoms. The second-order valence-corrected chi connectivity index (χ2v) is 10.9. The van der Waals surface area contributed by atoms with E-state index in [9.17, 15) is 18.0 Å². The Bertz CT molecular complexity index is 1070. The van der Waals surface area contributed by atoms with Crippen LogP contribution >= 0.6 is 0 Å². The third kappa shape index (κ3) is 7.32. The third-order valence-electron chi connectivity index (χ3n) is 5.87. The fraction of sp³-hybridized carbons (Fsp3) is 0.462. The van der Waals surface area contributed by atoms with E-state index in [1.165, 1.54) is 4.90 Å². The lowest BCUT2D eigenvalue weighted by molar-refractivity contribution is -0.139. The molecule has 2 aromatic rings. The van der Waals surface area contributed by atoms with Gasteiger partial charge in [0.1, 0.15) is 12.6 Å². The molecule has 2 rings (SSSR count). The molecule has 2 amide bonds. The first-order valence-electron chi connectivity index (χ1n) is 11.7. The Labute approximate surface area is 204 Å². The second kappa shape index (κ2) is 12.0. The van der Waals surface area contributed by atoms with E-state index < -0.39 is 28.5 Å². The first-order chi connectivity index (χ1) is 16.0. The number of rotatable bonds is 11. The number of carbonyl (C=O) groups excluding carboxylic acids is 2. The molecule has 8 heteroatoms. The fourth-order valence-electron chi connectivity index (χ4n) is 3.63. The minimum absolute atomic E-state index is 0.0333. The van der Waals surface area contributed by atoms with E-state index >= 15 is 0 Å². The summed E-state index contributed by atoms with van der Waals surface area (Å²) in [7, 11) is -3.76. The van der Waals surface area contributed by atoms with Crippen LogP contribution in [0.4, 0.5) is 5.69 Å². The van der Waals surface area contributed by atoms with Gasteiger partial charge in [-0.1, -0.05) is 69.3 Å². The molecule has 0 unspecified atom stereocenters. The van der Waals surface area contributed by atoms with Gasteiger partial charge in [0.15, 0.2) is 0 Å². The van der Waals surface area contributed by atoms with E-state index in [0.29, 0.717) is 5.69 Å². The average molecular weight is 488 g/mol.